The second-order valence-corrected chi connectivity index (χ2v) is 6.99. The Balaban J connectivity index is 1.43. The summed E-state index contributed by atoms with van der Waals surface area (Å²) >= 11 is 0. The molecule has 0 bridgehead atoms. The molecule has 1 saturated carbocycles. The van der Waals surface area contributed by atoms with Gasteiger partial charge < -0.3 is 0 Å². The first-order chi connectivity index (χ1) is 12.6. The lowest BCUT2D eigenvalue weighted by Crippen LogP contribution is -2.17. The van der Waals surface area contributed by atoms with Crippen LogP contribution in [0.25, 0.3) is 0 Å². The van der Waals surface area contributed by atoms with Gasteiger partial charge >= 0.3 is 0 Å². The fraction of sp³-hybridized carbons (Fsp3) is 0.389. The molecule has 0 saturated heterocycles. The normalized spacial score (nSPS) is 21.4. The van der Waals surface area contributed by atoms with Crippen LogP contribution in [-0.4, -0.2) is 35.3 Å². The molecule has 2 atom stereocenters. The van der Waals surface area contributed by atoms with Crippen LogP contribution in [0.1, 0.15) is 53.3 Å². The van der Waals surface area contributed by atoms with Crippen molar-refractivity contribution in [2.75, 3.05) is 0 Å². The van der Waals surface area contributed by atoms with Crippen molar-refractivity contribution in [3.63, 3.8) is 0 Å². The van der Waals surface area contributed by atoms with E-state index in [2.05, 4.69) is 21.2 Å². The summed E-state index contributed by atoms with van der Waals surface area (Å²) in [4.78, 5) is 3.96. The van der Waals surface area contributed by atoms with Crippen LogP contribution < -0.4 is 0 Å². The number of aryl methyl sites for hydroxylation is 3. The van der Waals surface area contributed by atoms with E-state index in [0.717, 1.165) is 53.6 Å². The monoisotopic (exact) mass is 351 g/mol. The summed E-state index contributed by atoms with van der Waals surface area (Å²) in [5.41, 5.74) is 3.99. The highest BCUT2D eigenvalue weighted by Crippen LogP contribution is 2.54. The number of hydrogen-bond donors (Lipinski definition) is 0. The van der Waals surface area contributed by atoms with Crippen LogP contribution in [-0.2, 0) is 13.5 Å². The zero-order valence-corrected chi connectivity index (χ0v) is 14.6. The maximum Gasteiger partial charge on any atom is 0.155 e. The number of halogens is 1. The molecule has 0 aromatic carbocycles. The number of aromatic nitrogens is 6. The lowest BCUT2D eigenvalue weighted by molar-refractivity contribution is 0.618. The van der Waals surface area contributed by atoms with Crippen molar-refractivity contribution >= 4 is 5.71 Å². The highest BCUT2D eigenvalue weighted by molar-refractivity contribution is 5.99. The molecule has 7 nitrogen and oxygen atoms in total. The Morgan fingerprint density at radius 3 is 2.85 bits per heavy atom. The first-order valence-corrected chi connectivity index (χ1v) is 8.73. The van der Waals surface area contributed by atoms with Gasteiger partial charge in [-0.1, -0.05) is 0 Å². The van der Waals surface area contributed by atoms with Crippen molar-refractivity contribution in [3.05, 3.63) is 58.9 Å². The molecule has 132 valence electrons. The zero-order valence-electron chi connectivity index (χ0n) is 14.6. The SMILES string of the molecule is Cc1nnc2n1N=C(c1cc(C3CC3c3cncc(F)c3)nn1C)CC2. The molecule has 2 aliphatic rings. The smallest absolute Gasteiger partial charge is 0.155 e. The van der Waals surface area contributed by atoms with E-state index in [-0.39, 0.29) is 5.82 Å². The van der Waals surface area contributed by atoms with E-state index >= 15 is 0 Å². The van der Waals surface area contributed by atoms with E-state index in [4.69, 9.17) is 10.2 Å². The molecule has 1 aliphatic heterocycles. The van der Waals surface area contributed by atoms with Gasteiger partial charge in [0, 0.05) is 32.0 Å². The number of hydrogen-bond acceptors (Lipinski definition) is 5. The van der Waals surface area contributed by atoms with Crippen molar-refractivity contribution in [2.45, 2.75) is 38.0 Å². The van der Waals surface area contributed by atoms with Crippen LogP contribution in [0.15, 0.2) is 29.6 Å². The highest BCUT2D eigenvalue weighted by atomic mass is 19.1. The average Bonchev–Trinajstić information content (AvgIpc) is 3.23. The molecule has 26 heavy (non-hydrogen) atoms. The minimum absolute atomic E-state index is 0.286. The molecule has 3 aromatic heterocycles. The van der Waals surface area contributed by atoms with Crippen LogP contribution in [0.2, 0.25) is 0 Å². The van der Waals surface area contributed by atoms with Gasteiger partial charge in [0.15, 0.2) is 11.6 Å². The molecule has 1 fully saturated rings. The van der Waals surface area contributed by atoms with E-state index in [1.807, 2.05) is 23.3 Å². The summed E-state index contributed by atoms with van der Waals surface area (Å²) in [6.07, 6.45) is 5.60. The van der Waals surface area contributed by atoms with Crippen LogP contribution in [0.5, 0.6) is 0 Å². The van der Waals surface area contributed by atoms with Crippen molar-refractivity contribution in [1.82, 2.24) is 29.6 Å². The minimum Gasteiger partial charge on any atom is -0.266 e. The quantitative estimate of drug-likeness (QED) is 0.726. The Morgan fingerprint density at radius 2 is 2.00 bits per heavy atom. The first-order valence-electron chi connectivity index (χ1n) is 8.73. The van der Waals surface area contributed by atoms with Crippen LogP contribution in [0, 0.1) is 12.7 Å². The molecule has 2 unspecified atom stereocenters. The maximum atomic E-state index is 13.4. The molecule has 0 amide bonds. The molecular formula is C18H18FN7. The van der Waals surface area contributed by atoms with Crippen LogP contribution >= 0.6 is 0 Å². The van der Waals surface area contributed by atoms with Gasteiger partial charge in [0.25, 0.3) is 0 Å². The fourth-order valence-corrected chi connectivity index (χ4v) is 3.73. The summed E-state index contributed by atoms with van der Waals surface area (Å²) < 4.78 is 17.1. The second kappa shape index (κ2) is 5.55. The molecule has 1 aliphatic carbocycles. The molecule has 0 spiro atoms. The van der Waals surface area contributed by atoms with Gasteiger partial charge in [-0.25, -0.2) is 9.07 Å². The van der Waals surface area contributed by atoms with Crippen molar-refractivity contribution in [2.24, 2.45) is 12.1 Å². The van der Waals surface area contributed by atoms with Crippen LogP contribution in [0.3, 0.4) is 0 Å². The van der Waals surface area contributed by atoms with Gasteiger partial charge in [-0.2, -0.15) is 10.2 Å². The summed E-state index contributed by atoms with van der Waals surface area (Å²) in [5.74, 6) is 2.01. The van der Waals surface area contributed by atoms with E-state index < -0.39 is 0 Å². The summed E-state index contributed by atoms with van der Waals surface area (Å²) in [6.45, 7) is 1.90. The van der Waals surface area contributed by atoms with Crippen molar-refractivity contribution in [3.8, 4) is 0 Å². The number of nitrogens with zero attached hydrogens (tertiary/aromatic N) is 7. The molecule has 3 aromatic rings. The predicted octanol–water partition coefficient (Wildman–Crippen LogP) is 2.32. The molecule has 4 heterocycles. The standard InChI is InChI=1S/C18H18FN7/c1-10-21-22-18-4-3-15(24-26(10)18)17-7-16(23-25(17)2)14-6-13(14)11-5-12(19)9-20-8-11/h5,7-9,13-14H,3-4,6H2,1-2H3. The van der Waals surface area contributed by atoms with Gasteiger partial charge in [0.1, 0.15) is 5.82 Å². The summed E-state index contributed by atoms with van der Waals surface area (Å²) in [7, 11) is 1.94. The van der Waals surface area contributed by atoms with Gasteiger partial charge in [-0.05, 0) is 37.0 Å². The van der Waals surface area contributed by atoms with Gasteiger partial charge in [-0.3, -0.25) is 9.67 Å². The van der Waals surface area contributed by atoms with Gasteiger partial charge in [-0.15, -0.1) is 10.2 Å². The molecule has 8 heteroatoms. The third-order valence-corrected chi connectivity index (χ3v) is 5.19. The van der Waals surface area contributed by atoms with Gasteiger partial charge in [0.2, 0.25) is 0 Å². The third kappa shape index (κ3) is 2.44. The first kappa shape index (κ1) is 15.4. The number of rotatable bonds is 3. The average molecular weight is 351 g/mol. The molecule has 5 rings (SSSR count). The fourth-order valence-electron chi connectivity index (χ4n) is 3.73. The maximum absolute atomic E-state index is 13.4. The molecular weight excluding hydrogens is 333 g/mol. The van der Waals surface area contributed by atoms with Crippen molar-refractivity contribution < 1.29 is 4.39 Å². The third-order valence-electron chi connectivity index (χ3n) is 5.19. The Labute approximate surface area is 149 Å². The number of pyridine rings is 1. The number of fused-ring (bicyclic) bond motifs is 1. The summed E-state index contributed by atoms with van der Waals surface area (Å²) in [5, 5.41) is 17.6. The Hall–Kier alpha value is -2.90. The van der Waals surface area contributed by atoms with Gasteiger partial charge in [0.05, 0.1) is 23.3 Å². The summed E-state index contributed by atoms with van der Waals surface area (Å²) in [6, 6.07) is 3.68. The van der Waals surface area contributed by atoms with Crippen molar-refractivity contribution in [1.29, 1.82) is 0 Å². The lowest BCUT2D eigenvalue weighted by atomic mass is 10.1. The second-order valence-electron chi connectivity index (χ2n) is 6.99. The topological polar surface area (TPSA) is 73.8 Å². The van der Waals surface area contributed by atoms with Crippen LogP contribution in [0.4, 0.5) is 4.39 Å². The van der Waals surface area contributed by atoms with E-state index in [0.29, 0.717) is 11.8 Å². The van der Waals surface area contributed by atoms with E-state index in [1.165, 1.54) is 6.20 Å². The Bertz CT molecular complexity index is 1030. The molecule has 0 N–H and O–H groups in total. The van der Waals surface area contributed by atoms with E-state index in [9.17, 15) is 4.39 Å². The Morgan fingerprint density at radius 1 is 1.12 bits per heavy atom. The zero-order chi connectivity index (χ0) is 17.8. The molecule has 0 radical (unpaired) electrons. The lowest BCUT2D eigenvalue weighted by Gasteiger charge is -2.13. The highest BCUT2D eigenvalue weighted by Gasteiger charge is 2.42. The largest absolute Gasteiger partial charge is 0.266 e. The predicted molar refractivity (Wildman–Crippen MR) is 92.5 cm³/mol. The minimum atomic E-state index is -0.286. The Kier molecular flexibility index (Phi) is 3.28. The van der Waals surface area contributed by atoms with E-state index in [1.54, 1.807) is 12.3 Å².